The van der Waals surface area contributed by atoms with Gasteiger partial charge in [-0.25, -0.2) is 19.0 Å². The molecule has 4 atom stereocenters. The third-order valence-corrected chi connectivity index (χ3v) is 14.2. The molecule has 2 aromatic heterocycles. The van der Waals surface area contributed by atoms with Crippen molar-refractivity contribution in [2.75, 3.05) is 59.3 Å². The zero-order chi connectivity index (χ0) is 56.5. The van der Waals surface area contributed by atoms with Gasteiger partial charge in [-0.1, -0.05) is 37.3 Å². The Bertz CT molecular complexity index is 3190. The summed E-state index contributed by atoms with van der Waals surface area (Å²) in [5.41, 5.74) is 2.46. The average molecular weight is 1090 g/mol. The van der Waals surface area contributed by atoms with Crippen LogP contribution in [-0.4, -0.2) is 144 Å². The van der Waals surface area contributed by atoms with Crippen LogP contribution in [0.15, 0.2) is 59.4 Å². The summed E-state index contributed by atoms with van der Waals surface area (Å²) in [7, 11) is 0. The van der Waals surface area contributed by atoms with Gasteiger partial charge >= 0.3 is 12.1 Å². The molecular weight excluding hydrogens is 1030 g/mol. The lowest BCUT2D eigenvalue weighted by Gasteiger charge is -2.31. The van der Waals surface area contributed by atoms with Gasteiger partial charge in [-0.05, 0) is 61.4 Å². The van der Waals surface area contributed by atoms with E-state index < -0.39 is 102 Å². The molecule has 79 heavy (non-hydrogen) atoms. The van der Waals surface area contributed by atoms with E-state index >= 15 is 4.39 Å². The first-order valence-corrected chi connectivity index (χ1v) is 25.7. The normalized spacial score (nSPS) is 17.5. The van der Waals surface area contributed by atoms with Crippen molar-refractivity contribution < 1.29 is 71.6 Å². The number of cyclic esters (lactones) is 1. The number of nitrogens with zero attached hydrogens (tertiary/aromatic N) is 3. The molecule has 418 valence electrons. The molecule has 2 aromatic carbocycles. The summed E-state index contributed by atoms with van der Waals surface area (Å²) in [5, 5.41) is 27.2. The minimum absolute atomic E-state index is 0.0215. The van der Waals surface area contributed by atoms with Crippen LogP contribution < -0.4 is 37.5 Å². The van der Waals surface area contributed by atoms with Crippen LogP contribution in [0.2, 0.25) is 0 Å². The van der Waals surface area contributed by atoms with E-state index in [4.69, 9.17) is 23.9 Å². The molecule has 25 heteroatoms. The number of nitrogens with one attached hydrogen (secondary N) is 6. The van der Waals surface area contributed by atoms with Crippen LogP contribution in [0.3, 0.4) is 0 Å². The van der Waals surface area contributed by atoms with E-state index in [-0.39, 0.29) is 89.1 Å². The predicted molar refractivity (Wildman–Crippen MR) is 276 cm³/mol. The lowest BCUT2D eigenvalue weighted by atomic mass is 9.78. The number of ether oxygens (including phenoxy) is 4. The molecule has 4 aliphatic rings. The Hall–Kier alpha value is -8.42. The summed E-state index contributed by atoms with van der Waals surface area (Å²) < 4.78 is 38.5. The molecule has 0 radical (unpaired) electrons. The zero-order valence-electron chi connectivity index (χ0n) is 43.6. The second kappa shape index (κ2) is 24.9. The van der Waals surface area contributed by atoms with Gasteiger partial charge in [0.2, 0.25) is 29.5 Å². The number of hydrogen-bond donors (Lipinski definition) is 7. The number of esters is 1. The van der Waals surface area contributed by atoms with Crippen molar-refractivity contribution in [1.82, 2.24) is 46.4 Å². The van der Waals surface area contributed by atoms with Gasteiger partial charge in [0.1, 0.15) is 31.8 Å². The number of alkyl carbamates (subject to hydrolysis) is 1. The molecule has 3 aliphatic heterocycles. The van der Waals surface area contributed by atoms with Crippen molar-refractivity contribution in [3.05, 3.63) is 110 Å². The standard InChI is InChI=1S/C54H60FN9O15/c1-4-54(75)36-19-40-49-34(25-64(40)51(72)35(36)27-77-52(54)73)47-32(10-11-33-30(3)37(55)20-38(62-49)48(33)47)21-59-53(74)78-26-29(2)79-28-60-43(67)23-58-50(71)39(18-31-8-6-5-7-9-31)61-44(68)24-57-42(66)22-56-41(65)14-16-76-17-15-63-45(69)12-13-46(63)70/h5-9,12-13,19-20,29,32,39,75H,4,10-11,14-18,21-28H2,1-3H3,(H,56,65)(H,57,66)(H,58,71)(H,59,74)(H,60,67)(H,61,68)/t29?,32-,39+,54+/m1/s1. The highest BCUT2D eigenvalue weighted by Crippen LogP contribution is 2.46. The molecule has 5 heterocycles. The number of pyridine rings is 2. The van der Waals surface area contributed by atoms with Crippen LogP contribution in [0.5, 0.6) is 0 Å². The number of benzene rings is 2. The van der Waals surface area contributed by atoms with Crippen LogP contribution in [0, 0.1) is 12.7 Å². The minimum atomic E-state index is -2.03. The van der Waals surface area contributed by atoms with Gasteiger partial charge in [-0.2, -0.15) is 0 Å². The van der Waals surface area contributed by atoms with Crippen molar-refractivity contribution in [1.29, 1.82) is 0 Å². The minimum Gasteiger partial charge on any atom is -0.458 e. The van der Waals surface area contributed by atoms with Gasteiger partial charge in [0.25, 0.3) is 17.4 Å². The number of aromatic nitrogens is 2. The molecular formula is C54H60FN9O15. The zero-order valence-corrected chi connectivity index (χ0v) is 43.6. The number of carbonyl (C=O) groups excluding carboxylic acids is 9. The van der Waals surface area contributed by atoms with Crippen molar-refractivity contribution in [3.8, 4) is 11.4 Å². The molecule has 1 aliphatic carbocycles. The van der Waals surface area contributed by atoms with Crippen molar-refractivity contribution >= 4 is 64.3 Å². The van der Waals surface area contributed by atoms with Crippen LogP contribution in [0.4, 0.5) is 9.18 Å². The highest BCUT2D eigenvalue weighted by atomic mass is 19.1. The molecule has 7 N–H and O–H groups in total. The number of imide groups is 1. The highest BCUT2D eigenvalue weighted by molar-refractivity contribution is 6.12. The summed E-state index contributed by atoms with van der Waals surface area (Å²) >= 11 is 0. The van der Waals surface area contributed by atoms with E-state index in [1.165, 1.54) is 10.6 Å². The lowest BCUT2D eigenvalue weighted by molar-refractivity contribution is -0.172. The van der Waals surface area contributed by atoms with Gasteiger partial charge in [-0.15, -0.1) is 0 Å². The molecule has 1 unspecified atom stereocenters. The maximum Gasteiger partial charge on any atom is 0.407 e. The predicted octanol–water partition coefficient (Wildman–Crippen LogP) is 0.170. The smallest absolute Gasteiger partial charge is 0.407 e. The molecule has 8 amide bonds. The average Bonchev–Trinajstić information content (AvgIpc) is 3.85. The van der Waals surface area contributed by atoms with E-state index in [1.54, 1.807) is 57.2 Å². The first kappa shape index (κ1) is 56.8. The Balaban J connectivity index is 0.767. The van der Waals surface area contributed by atoms with Crippen molar-refractivity contribution in [3.63, 3.8) is 0 Å². The Kier molecular flexibility index (Phi) is 17.9. The number of amides is 8. The number of aliphatic hydroxyl groups is 1. The summed E-state index contributed by atoms with van der Waals surface area (Å²) in [6, 6.07) is 10.5. The Morgan fingerprint density at radius 3 is 2.34 bits per heavy atom. The summed E-state index contributed by atoms with van der Waals surface area (Å²) in [6.45, 7) is 2.85. The van der Waals surface area contributed by atoms with Crippen LogP contribution in [-0.2, 0) is 88.9 Å². The summed E-state index contributed by atoms with van der Waals surface area (Å²) in [5.74, 6) is -5.77. The second-order valence-electron chi connectivity index (χ2n) is 19.4. The first-order chi connectivity index (χ1) is 37.9. The van der Waals surface area contributed by atoms with Gasteiger partial charge < -0.3 is 60.5 Å². The van der Waals surface area contributed by atoms with E-state index in [1.807, 2.05) is 0 Å². The van der Waals surface area contributed by atoms with E-state index in [2.05, 4.69) is 31.9 Å². The SMILES string of the molecule is CC[C@@]1(O)C(=O)OCc2c1cc1n(c2=O)Cc2c-1nc1cc(F)c(C)c3c1c2[C@@H](CNC(=O)OCC(C)OCNC(=O)CNC(=O)[C@H](Cc1ccccc1)NC(=O)CNC(=O)CNC(=O)CCOCCN1C(=O)C=CC1=O)CC3. The molecule has 4 aromatic rings. The fourth-order valence-corrected chi connectivity index (χ4v) is 9.86. The fourth-order valence-electron chi connectivity index (χ4n) is 9.86. The number of carbonyl (C=O) groups is 9. The third kappa shape index (κ3) is 13.0. The number of rotatable bonds is 24. The molecule has 0 saturated heterocycles. The Labute approximate surface area is 451 Å². The number of fused-ring (bicyclic) bond motifs is 5. The van der Waals surface area contributed by atoms with Crippen LogP contribution >= 0.6 is 0 Å². The van der Waals surface area contributed by atoms with Crippen LogP contribution in [0.25, 0.3) is 22.3 Å². The number of hydrogen-bond acceptors (Lipinski definition) is 16. The molecule has 24 nitrogen and oxygen atoms in total. The number of aryl methyl sites for hydroxylation is 1. The third-order valence-electron chi connectivity index (χ3n) is 14.2. The van der Waals surface area contributed by atoms with Gasteiger partial charge in [0.05, 0.1) is 74.5 Å². The quantitative estimate of drug-likeness (QED) is 0.0187. The van der Waals surface area contributed by atoms with Gasteiger partial charge in [-0.3, -0.25) is 43.3 Å². The summed E-state index contributed by atoms with van der Waals surface area (Å²) in [4.78, 5) is 132. The maximum atomic E-state index is 15.4. The summed E-state index contributed by atoms with van der Waals surface area (Å²) in [6.07, 6.45) is 1.76. The van der Waals surface area contributed by atoms with Crippen LogP contribution in [0.1, 0.15) is 78.0 Å². The Morgan fingerprint density at radius 1 is 0.886 bits per heavy atom. The maximum absolute atomic E-state index is 15.4. The molecule has 8 rings (SSSR count). The fraction of sp³-hybridized carbons (Fsp3) is 0.426. The molecule has 0 saturated carbocycles. The topological polar surface area (TPSA) is 321 Å². The molecule has 0 spiro atoms. The van der Waals surface area contributed by atoms with Crippen molar-refractivity contribution in [2.24, 2.45) is 0 Å². The monoisotopic (exact) mass is 1090 g/mol. The lowest BCUT2D eigenvalue weighted by Crippen LogP contribution is -2.52. The van der Waals surface area contributed by atoms with Gasteiger partial charge in [0, 0.05) is 60.0 Å². The van der Waals surface area contributed by atoms with Gasteiger partial charge in [0.15, 0.2) is 5.60 Å². The largest absolute Gasteiger partial charge is 0.458 e. The Morgan fingerprint density at radius 2 is 1.59 bits per heavy atom. The number of halogens is 1. The molecule has 0 fully saturated rings. The first-order valence-electron chi connectivity index (χ1n) is 25.7. The second-order valence-corrected chi connectivity index (χ2v) is 19.4. The highest BCUT2D eigenvalue weighted by Gasteiger charge is 2.46. The molecule has 0 bridgehead atoms. The van der Waals surface area contributed by atoms with E-state index in [9.17, 15) is 53.1 Å². The van der Waals surface area contributed by atoms with E-state index in [0.717, 1.165) is 33.6 Å². The van der Waals surface area contributed by atoms with E-state index in [0.29, 0.717) is 46.4 Å². The van der Waals surface area contributed by atoms with Crippen molar-refractivity contribution in [2.45, 2.75) is 89.7 Å².